The molecule has 1 amide bonds. The molecule has 3 nitrogen and oxygen atoms in total. The molecule has 0 aromatic rings. The average molecular weight is 232 g/mol. The van der Waals surface area contributed by atoms with E-state index in [-0.39, 0.29) is 11.9 Å². The van der Waals surface area contributed by atoms with E-state index >= 15 is 0 Å². The van der Waals surface area contributed by atoms with E-state index in [0.29, 0.717) is 12.6 Å². The van der Waals surface area contributed by atoms with Crippen molar-refractivity contribution in [3.63, 3.8) is 0 Å². The third kappa shape index (κ3) is 8.75. The summed E-state index contributed by atoms with van der Waals surface area (Å²) in [6, 6.07) is 0.695. The van der Waals surface area contributed by atoms with Crippen molar-refractivity contribution >= 4 is 17.7 Å². The molecule has 2 unspecified atom stereocenters. The lowest BCUT2D eigenvalue weighted by Crippen LogP contribution is -2.41. The lowest BCUT2D eigenvalue weighted by atomic mass is 10.2. The zero-order chi connectivity index (χ0) is 11.7. The van der Waals surface area contributed by atoms with Gasteiger partial charge in [0.05, 0.1) is 6.54 Å². The van der Waals surface area contributed by atoms with Crippen LogP contribution in [-0.2, 0) is 4.79 Å². The monoisotopic (exact) mass is 232 g/mol. The molecule has 0 saturated heterocycles. The Balaban J connectivity index is 3.55. The number of hydrogen-bond acceptors (Lipinski definition) is 3. The van der Waals surface area contributed by atoms with Crippen LogP contribution in [0.2, 0.25) is 0 Å². The van der Waals surface area contributed by atoms with Crippen LogP contribution in [0.1, 0.15) is 33.6 Å². The van der Waals surface area contributed by atoms with Gasteiger partial charge in [0.1, 0.15) is 0 Å². The largest absolute Gasteiger partial charge is 0.353 e. The molecule has 0 spiro atoms. The summed E-state index contributed by atoms with van der Waals surface area (Å²) in [7, 11) is 0. The molecule has 0 aromatic heterocycles. The minimum absolute atomic E-state index is 0.101. The van der Waals surface area contributed by atoms with Crippen LogP contribution in [0.3, 0.4) is 0 Å². The number of nitrogens with one attached hydrogen (secondary N) is 2. The lowest BCUT2D eigenvalue weighted by Gasteiger charge is -2.15. The van der Waals surface area contributed by atoms with Crippen molar-refractivity contribution in [2.75, 3.05) is 18.6 Å². The standard InChI is InChI=1S/C11H24N2OS/c1-5-9(2)12-8-11(14)13-10(3)6-7-15-4/h9-10,12H,5-8H2,1-4H3,(H,13,14). The van der Waals surface area contributed by atoms with Gasteiger partial charge in [-0.3, -0.25) is 4.79 Å². The third-order valence-electron chi connectivity index (χ3n) is 2.39. The highest BCUT2D eigenvalue weighted by Gasteiger charge is 2.07. The summed E-state index contributed by atoms with van der Waals surface area (Å²) in [5.74, 6) is 1.20. The van der Waals surface area contributed by atoms with Gasteiger partial charge in [-0.2, -0.15) is 11.8 Å². The third-order valence-corrected chi connectivity index (χ3v) is 3.03. The van der Waals surface area contributed by atoms with Crippen molar-refractivity contribution in [1.82, 2.24) is 10.6 Å². The summed E-state index contributed by atoms with van der Waals surface area (Å²) in [5.41, 5.74) is 0. The van der Waals surface area contributed by atoms with E-state index in [9.17, 15) is 4.79 Å². The van der Waals surface area contributed by atoms with Gasteiger partial charge in [-0.15, -0.1) is 0 Å². The van der Waals surface area contributed by atoms with E-state index < -0.39 is 0 Å². The SMILES string of the molecule is CCC(C)NCC(=O)NC(C)CCSC. The van der Waals surface area contributed by atoms with Crippen molar-refractivity contribution in [3.8, 4) is 0 Å². The van der Waals surface area contributed by atoms with E-state index in [0.717, 1.165) is 18.6 Å². The molecule has 0 radical (unpaired) electrons. The molecule has 4 heteroatoms. The van der Waals surface area contributed by atoms with E-state index in [4.69, 9.17) is 0 Å². The fourth-order valence-corrected chi connectivity index (χ4v) is 1.69. The summed E-state index contributed by atoms with van der Waals surface area (Å²) in [5, 5.41) is 6.16. The Morgan fingerprint density at radius 3 is 2.53 bits per heavy atom. The van der Waals surface area contributed by atoms with E-state index in [1.807, 2.05) is 11.8 Å². The number of hydrogen-bond donors (Lipinski definition) is 2. The number of carbonyl (C=O) groups excluding carboxylic acids is 1. The molecule has 0 aliphatic rings. The van der Waals surface area contributed by atoms with E-state index in [1.165, 1.54) is 0 Å². The minimum Gasteiger partial charge on any atom is -0.353 e. The minimum atomic E-state index is 0.101. The van der Waals surface area contributed by atoms with Crippen molar-refractivity contribution in [2.45, 2.75) is 45.7 Å². The highest BCUT2D eigenvalue weighted by Crippen LogP contribution is 1.99. The quantitative estimate of drug-likeness (QED) is 0.668. The fraction of sp³-hybridized carbons (Fsp3) is 0.909. The number of rotatable bonds is 8. The number of amides is 1. The van der Waals surface area contributed by atoms with Crippen molar-refractivity contribution < 1.29 is 4.79 Å². The molecular formula is C11H24N2OS. The van der Waals surface area contributed by atoms with Gasteiger partial charge < -0.3 is 10.6 Å². The van der Waals surface area contributed by atoms with Gasteiger partial charge in [-0.25, -0.2) is 0 Å². The predicted octanol–water partition coefficient (Wildman–Crippen LogP) is 1.63. The van der Waals surface area contributed by atoms with Crippen LogP contribution in [0.5, 0.6) is 0 Å². The molecule has 0 fully saturated rings. The molecule has 0 aliphatic carbocycles. The van der Waals surface area contributed by atoms with Crippen LogP contribution < -0.4 is 10.6 Å². The summed E-state index contributed by atoms with van der Waals surface area (Å²) >= 11 is 1.81. The Kier molecular flexibility index (Phi) is 8.91. The van der Waals surface area contributed by atoms with Gasteiger partial charge in [0, 0.05) is 12.1 Å². The molecule has 0 heterocycles. The smallest absolute Gasteiger partial charge is 0.234 e. The van der Waals surface area contributed by atoms with Crippen LogP contribution >= 0.6 is 11.8 Å². The zero-order valence-electron chi connectivity index (χ0n) is 10.3. The molecule has 2 atom stereocenters. The van der Waals surface area contributed by atoms with Crippen molar-refractivity contribution in [3.05, 3.63) is 0 Å². The summed E-state index contributed by atoms with van der Waals surface area (Å²) < 4.78 is 0. The fourth-order valence-electron chi connectivity index (χ4n) is 1.10. The first kappa shape index (κ1) is 14.8. The van der Waals surface area contributed by atoms with Gasteiger partial charge in [0.25, 0.3) is 0 Å². The van der Waals surface area contributed by atoms with Gasteiger partial charge in [0.2, 0.25) is 5.91 Å². The molecule has 0 bridgehead atoms. The normalized spacial score (nSPS) is 14.7. The predicted molar refractivity (Wildman–Crippen MR) is 68.4 cm³/mol. The van der Waals surface area contributed by atoms with Gasteiger partial charge in [-0.05, 0) is 38.7 Å². The first-order valence-corrected chi connectivity index (χ1v) is 7.01. The first-order chi connectivity index (χ1) is 7.10. The molecular weight excluding hydrogens is 208 g/mol. The van der Waals surface area contributed by atoms with Gasteiger partial charge in [0.15, 0.2) is 0 Å². The Labute approximate surface area is 97.8 Å². The highest BCUT2D eigenvalue weighted by molar-refractivity contribution is 7.98. The molecule has 0 aromatic carbocycles. The topological polar surface area (TPSA) is 41.1 Å². The summed E-state index contributed by atoms with van der Waals surface area (Å²) in [6.07, 6.45) is 4.17. The van der Waals surface area contributed by atoms with Crippen LogP contribution in [0.25, 0.3) is 0 Å². The first-order valence-electron chi connectivity index (χ1n) is 5.61. The Hall–Kier alpha value is -0.220. The zero-order valence-corrected chi connectivity index (χ0v) is 11.1. The van der Waals surface area contributed by atoms with Gasteiger partial charge in [-0.1, -0.05) is 6.92 Å². The maximum atomic E-state index is 11.5. The maximum Gasteiger partial charge on any atom is 0.234 e. The molecule has 15 heavy (non-hydrogen) atoms. The average Bonchev–Trinajstić information content (AvgIpc) is 2.22. The number of thioether (sulfide) groups is 1. The van der Waals surface area contributed by atoms with Crippen molar-refractivity contribution in [2.24, 2.45) is 0 Å². The second-order valence-corrected chi connectivity index (χ2v) is 4.93. The number of carbonyl (C=O) groups is 1. The maximum absolute atomic E-state index is 11.5. The summed E-state index contributed by atoms with van der Waals surface area (Å²) in [4.78, 5) is 11.5. The van der Waals surface area contributed by atoms with E-state index in [1.54, 1.807) is 0 Å². The van der Waals surface area contributed by atoms with Crippen LogP contribution in [0, 0.1) is 0 Å². The van der Waals surface area contributed by atoms with Crippen LogP contribution in [0.4, 0.5) is 0 Å². The lowest BCUT2D eigenvalue weighted by molar-refractivity contribution is -0.120. The van der Waals surface area contributed by atoms with E-state index in [2.05, 4.69) is 37.7 Å². The highest BCUT2D eigenvalue weighted by atomic mass is 32.2. The second kappa shape index (κ2) is 9.04. The molecule has 2 N–H and O–H groups in total. The van der Waals surface area contributed by atoms with Gasteiger partial charge >= 0.3 is 0 Å². The molecule has 90 valence electrons. The Morgan fingerprint density at radius 1 is 1.33 bits per heavy atom. The molecule has 0 aliphatic heterocycles. The van der Waals surface area contributed by atoms with Crippen molar-refractivity contribution in [1.29, 1.82) is 0 Å². The van der Waals surface area contributed by atoms with Crippen LogP contribution in [0.15, 0.2) is 0 Å². The molecule has 0 rings (SSSR count). The second-order valence-electron chi connectivity index (χ2n) is 3.94. The Bertz CT molecular complexity index is 176. The van der Waals surface area contributed by atoms with Crippen LogP contribution in [-0.4, -0.2) is 36.5 Å². The summed E-state index contributed by atoms with van der Waals surface area (Å²) in [6.45, 7) is 6.68. The Morgan fingerprint density at radius 2 is 2.00 bits per heavy atom. The molecule has 0 saturated carbocycles.